The maximum Gasteiger partial charge on any atom is 0.360 e. The fourth-order valence-electron chi connectivity index (χ4n) is 1.32. The molecule has 0 aliphatic carbocycles. The minimum absolute atomic E-state index is 0.0738. The summed E-state index contributed by atoms with van der Waals surface area (Å²) in [4.78, 5) is 15.6. The Bertz CT molecular complexity index is 359. The summed E-state index contributed by atoms with van der Waals surface area (Å²) in [6, 6.07) is 0. The molecule has 0 bridgehead atoms. The van der Waals surface area contributed by atoms with Crippen LogP contribution < -0.4 is 0 Å². The van der Waals surface area contributed by atoms with Gasteiger partial charge in [-0.3, -0.25) is 0 Å². The van der Waals surface area contributed by atoms with Gasteiger partial charge in [-0.25, -0.2) is 9.78 Å². The number of rotatable bonds is 6. The Morgan fingerprint density at radius 3 is 2.76 bits per heavy atom. The first kappa shape index (κ1) is 13.7. The Labute approximate surface area is 101 Å². The highest BCUT2D eigenvalue weighted by molar-refractivity contribution is 5.88. The highest BCUT2D eigenvalue weighted by atomic mass is 16.5. The molecule has 0 N–H and O–H groups in total. The van der Waals surface area contributed by atoms with Crippen molar-refractivity contribution in [2.24, 2.45) is 0 Å². The van der Waals surface area contributed by atoms with Gasteiger partial charge >= 0.3 is 5.97 Å². The summed E-state index contributed by atoms with van der Waals surface area (Å²) in [5.41, 5.74) is 0.269. The third-order valence-electron chi connectivity index (χ3n) is 2.47. The summed E-state index contributed by atoms with van der Waals surface area (Å²) in [7, 11) is 1.63. The molecule has 0 fully saturated rings. The molecule has 0 aromatic carbocycles. The average Bonchev–Trinajstić information content (AvgIpc) is 2.77. The fraction of sp³-hybridized carbons (Fsp3) is 0.667. The Balaban J connectivity index is 2.50. The fourth-order valence-corrected chi connectivity index (χ4v) is 1.32. The van der Waals surface area contributed by atoms with Gasteiger partial charge in [-0.05, 0) is 6.92 Å². The molecule has 0 saturated heterocycles. The molecule has 0 aliphatic heterocycles. The number of hydrogen-bond donors (Lipinski definition) is 0. The molecule has 1 aromatic rings. The molecule has 1 rings (SSSR count). The van der Waals surface area contributed by atoms with Crippen LogP contribution in [0.3, 0.4) is 0 Å². The van der Waals surface area contributed by atoms with Gasteiger partial charge in [0.2, 0.25) is 0 Å². The molecule has 0 radical (unpaired) electrons. The quantitative estimate of drug-likeness (QED) is 0.715. The number of carbonyl (C=O) groups excluding carboxylic acids is 1. The zero-order chi connectivity index (χ0) is 12.8. The lowest BCUT2D eigenvalue weighted by atomic mass is 10.1. The molecule has 0 aliphatic rings. The van der Waals surface area contributed by atoms with Crippen molar-refractivity contribution < 1.29 is 18.7 Å². The van der Waals surface area contributed by atoms with Crippen LogP contribution in [0.2, 0.25) is 0 Å². The van der Waals surface area contributed by atoms with Crippen LogP contribution in [0, 0.1) is 0 Å². The third-order valence-corrected chi connectivity index (χ3v) is 2.47. The van der Waals surface area contributed by atoms with Crippen molar-refractivity contribution in [1.29, 1.82) is 0 Å². The maximum atomic E-state index is 11.7. The molecule has 1 atom stereocenters. The lowest BCUT2D eigenvalue weighted by molar-refractivity contribution is 0.0383. The van der Waals surface area contributed by atoms with Crippen molar-refractivity contribution in [1.82, 2.24) is 4.98 Å². The van der Waals surface area contributed by atoms with Crippen molar-refractivity contribution in [2.75, 3.05) is 13.7 Å². The van der Waals surface area contributed by atoms with Crippen LogP contribution in [0.25, 0.3) is 0 Å². The van der Waals surface area contributed by atoms with Crippen LogP contribution in [0.1, 0.15) is 49.4 Å². The van der Waals surface area contributed by atoms with E-state index >= 15 is 0 Å². The minimum atomic E-state index is -0.439. The van der Waals surface area contributed by atoms with Crippen LogP contribution in [-0.4, -0.2) is 30.8 Å². The van der Waals surface area contributed by atoms with Crippen LogP contribution in [0.5, 0.6) is 0 Å². The van der Waals surface area contributed by atoms with E-state index in [0.29, 0.717) is 18.8 Å². The van der Waals surface area contributed by atoms with E-state index in [1.165, 1.54) is 6.39 Å². The first-order valence-corrected chi connectivity index (χ1v) is 5.69. The van der Waals surface area contributed by atoms with Crippen molar-refractivity contribution >= 4 is 5.97 Å². The Hall–Kier alpha value is -1.36. The maximum absolute atomic E-state index is 11.7. The number of hydrogen-bond acceptors (Lipinski definition) is 5. The topological polar surface area (TPSA) is 61.6 Å². The minimum Gasteiger partial charge on any atom is -0.461 e. The lowest BCUT2D eigenvalue weighted by Gasteiger charge is -2.09. The zero-order valence-electron chi connectivity index (χ0n) is 10.7. The highest BCUT2D eigenvalue weighted by Gasteiger charge is 2.20. The number of ether oxygens (including phenoxy) is 2. The van der Waals surface area contributed by atoms with E-state index in [4.69, 9.17) is 13.9 Å². The molecule has 17 heavy (non-hydrogen) atoms. The van der Waals surface area contributed by atoms with Gasteiger partial charge in [0.25, 0.3) is 0 Å². The molecule has 1 heterocycles. The van der Waals surface area contributed by atoms with Crippen molar-refractivity contribution in [2.45, 2.75) is 39.2 Å². The van der Waals surface area contributed by atoms with Gasteiger partial charge in [0.05, 0.1) is 12.7 Å². The molecule has 0 unspecified atom stereocenters. The Morgan fingerprint density at radius 1 is 1.47 bits per heavy atom. The lowest BCUT2D eigenvalue weighted by Crippen LogP contribution is -2.14. The van der Waals surface area contributed by atoms with E-state index < -0.39 is 5.97 Å². The second-order valence-electron chi connectivity index (χ2n) is 4.19. The zero-order valence-corrected chi connectivity index (χ0v) is 10.7. The first-order valence-electron chi connectivity index (χ1n) is 5.69. The molecule has 0 spiro atoms. The van der Waals surface area contributed by atoms with Gasteiger partial charge in [-0.1, -0.05) is 13.8 Å². The second-order valence-corrected chi connectivity index (χ2v) is 4.19. The smallest absolute Gasteiger partial charge is 0.360 e. The predicted molar refractivity (Wildman–Crippen MR) is 62.0 cm³/mol. The van der Waals surface area contributed by atoms with E-state index in [9.17, 15) is 4.79 Å². The molecule has 5 nitrogen and oxygen atoms in total. The number of esters is 1. The molecule has 5 heteroatoms. The van der Waals surface area contributed by atoms with E-state index in [2.05, 4.69) is 4.98 Å². The largest absolute Gasteiger partial charge is 0.461 e. The van der Waals surface area contributed by atoms with Crippen molar-refractivity contribution in [3.05, 3.63) is 17.8 Å². The molecule has 1 aromatic heterocycles. The normalized spacial score (nSPS) is 12.8. The van der Waals surface area contributed by atoms with Gasteiger partial charge in [0.1, 0.15) is 5.76 Å². The average molecular weight is 241 g/mol. The van der Waals surface area contributed by atoms with Crippen LogP contribution in [0.4, 0.5) is 0 Å². The van der Waals surface area contributed by atoms with E-state index in [-0.39, 0.29) is 17.7 Å². The van der Waals surface area contributed by atoms with Crippen LogP contribution in [-0.2, 0) is 9.47 Å². The predicted octanol–water partition coefficient (Wildman–Crippen LogP) is 2.38. The summed E-state index contributed by atoms with van der Waals surface area (Å²) in [5, 5.41) is 0. The van der Waals surface area contributed by atoms with Crippen molar-refractivity contribution in [3.8, 4) is 0 Å². The molecule has 0 saturated carbocycles. The Morgan fingerprint density at radius 2 is 2.18 bits per heavy atom. The SMILES string of the molecule is CO[C@H](C)CCOC(=O)c1ncoc1C(C)C. The number of carbonyl (C=O) groups is 1. The van der Waals surface area contributed by atoms with Crippen LogP contribution >= 0.6 is 0 Å². The van der Waals surface area contributed by atoms with Gasteiger partial charge in [0, 0.05) is 19.4 Å². The van der Waals surface area contributed by atoms with E-state index in [1.807, 2.05) is 20.8 Å². The monoisotopic (exact) mass is 241 g/mol. The molecular weight excluding hydrogens is 222 g/mol. The number of oxazole rings is 1. The molecule has 0 amide bonds. The molecule has 96 valence electrons. The summed E-state index contributed by atoms with van der Waals surface area (Å²) in [5.74, 6) is 0.235. The second kappa shape index (κ2) is 6.39. The van der Waals surface area contributed by atoms with E-state index in [1.54, 1.807) is 7.11 Å². The summed E-state index contributed by atoms with van der Waals surface area (Å²) < 4.78 is 15.3. The van der Waals surface area contributed by atoms with Crippen LogP contribution in [0.15, 0.2) is 10.8 Å². The van der Waals surface area contributed by atoms with Gasteiger partial charge in [-0.2, -0.15) is 0 Å². The highest BCUT2D eigenvalue weighted by Crippen LogP contribution is 2.18. The van der Waals surface area contributed by atoms with Gasteiger partial charge in [0.15, 0.2) is 12.1 Å². The summed E-state index contributed by atoms with van der Waals surface area (Å²) >= 11 is 0. The summed E-state index contributed by atoms with van der Waals surface area (Å²) in [6.07, 6.45) is 2.01. The van der Waals surface area contributed by atoms with E-state index in [0.717, 1.165) is 0 Å². The molecular formula is C12H19NO4. The number of aromatic nitrogens is 1. The van der Waals surface area contributed by atoms with Gasteiger partial charge < -0.3 is 13.9 Å². The Kier molecular flexibility index (Phi) is 5.15. The first-order chi connectivity index (χ1) is 8.06. The number of methoxy groups -OCH3 is 1. The van der Waals surface area contributed by atoms with Crippen molar-refractivity contribution in [3.63, 3.8) is 0 Å². The van der Waals surface area contributed by atoms with Gasteiger partial charge in [-0.15, -0.1) is 0 Å². The standard InChI is InChI=1S/C12H19NO4/c1-8(2)11-10(13-7-17-11)12(14)16-6-5-9(3)15-4/h7-9H,5-6H2,1-4H3/t9-/m1/s1. The summed E-state index contributed by atoms with van der Waals surface area (Å²) in [6.45, 7) is 6.11. The number of nitrogens with zero attached hydrogens (tertiary/aromatic N) is 1. The third kappa shape index (κ3) is 3.85.